The quantitative estimate of drug-likeness (QED) is 0.848. The van der Waals surface area contributed by atoms with E-state index in [1.807, 2.05) is 42.5 Å². The van der Waals surface area contributed by atoms with Crippen LogP contribution in [0.1, 0.15) is 11.1 Å². The van der Waals surface area contributed by atoms with Gasteiger partial charge < -0.3 is 14.8 Å². The predicted octanol–water partition coefficient (Wildman–Crippen LogP) is 3.82. The van der Waals surface area contributed by atoms with Gasteiger partial charge in [0.2, 0.25) is 0 Å². The van der Waals surface area contributed by atoms with Gasteiger partial charge >= 0.3 is 0 Å². The highest BCUT2D eigenvalue weighted by Crippen LogP contribution is 2.30. The minimum atomic E-state index is 0.612. The van der Waals surface area contributed by atoms with Gasteiger partial charge in [-0.25, -0.2) is 0 Å². The van der Waals surface area contributed by atoms with E-state index in [9.17, 15) is 0 Å². The van der Waals surface area contributed by atoms with E-state index in [-0.39, 0.29) is 0 Å². The maximum Gasteiger partial charge on any atom is 0.170 e. The van der Waals surface area contributed by atoms with Crippen LogP contribution in [0, 0.1) is 0 Å². The molecule has 0 radical (unpaired) electrons. The van der Waals surface area contributed by atoms with Gasteiger partial charge in [0.25, 0.3) is 0 Å². The Balaban J connectivity index is 2.11. The summed E-state index contributed by atoms with van der Waals surface area (Å²) >= 11 is 11.3. The summed E-state index contributed by atoms with van der Waals surface area (Å²) in [7, 11) is 3.20. The Morgan fingerprint density at radius 1 is 1.10 bits per heavy atom. The Morgan fingerprint density at radius 3 is 2.43 bits per heavy atom. The smallest absolute Gasteiger partial charge is 0.170 e. The maximum atomic E-state index is 5.87. The minimum Gasteiger partial charge on any atom is -0.493 e. The van der Waals surface area contributed by atoms with Crippen LogP contribution in [-0.2, 0) is 6.54 Å². The number of methoxy groups -OCH3 is 2. The number of rotatable bonds is 5. The lowest BCUT2D eigenvalue weighted by Gasteiger charge is -2.14. The monoisotopic (exact) mass is 321 g/mol. The summed E-state index contributed by atoms with van der Waals surface area (Å²) in [5, 5.41) is 3.93. The molecule has 0 heterocycles. The molecule has 21 heavy (non-hydrogen) atoms. The molecule has 0 aliphatic carbocycles. The van der Waals surface area contributed by atoms with Crippen molar-refractivity contribution in [1.82, 2.24) is 5.32 Å². The van der Waals surface area contributed by atoms with Crippen LogP contribution in [0.5, 0.6) is 11.5 Å². The first-order valence-corrected chi connectivity index (χ1v) is 7.18. The molecule has 3 nitrogen and oxygen atoms in total. The van der Waals surface area contributed by atoms with Crippen LogP contribution in [0.4, 0.5) is 0 Å². The summed E-state index contributed by atoms with van der Waals surface area (Å²) in [6.07, 6.45) is 0. The molecule has 0 saturated carbocycles. The van der Waals surface area contributed by atoms with Gasteiger partial charge in [0.1, 0.15) is 4.99 Å². The van der Waals surface area contributed by atoms with E-state index < -0.39 is 0 Å². The van der Waals surface area contributed by atoms with Gasteiger partial charge in [-0.1, -0.05) is 42.0 Å². The van der Waals surface area contributed by atoms with E-state index >= 15 is 0 Å². The van der Waals surface area contributed by atoms with E-state index in [0.717, 1.165) is 16.1 Å². The topological polar surface area (TPSA) is 30.5 Å². The van der Waals surface area contributed by atoms with E-state index in [1.165, 1.54) is 0 Å². The summed E-state index contributed by atoms with van der Waals surface area (Å²) in [4.78, 5) is 0.612. The number of thiocarbonyl (C=S) groups is 1. The first-order valence-electron chi connectivity index (χ1n) is 6.39. The number of benzene rings is 2. The number of nitrogens with one attached hydrogen (secondary N) is 1. The molecule has 0 unspecified atom stereocenters. The molecule has 2 aromatic rings. The Bertz CT molecular complexity index is 629. The molecule has 0 bridgehead atoms. The SMILES string of the molecule is COc1cccc(C(=S)NCc2ccc(Cl)cc2)c1OC. The van der Waals surface area contributed by atoms with Gasteiger partial charge in [-0.2, -0.15) is 0 Å². The summed E-state index contributed by atoms with van der Waals surface area (Å²) in [5.41, 5.74) is 1.91. The average Bonchev–Trinajstić information content (AvgIpc) is 2.53. The molecule has 0 aliphatic rings. The summed E-state index contributed by atoms with van der Waals surface area (Å²) in [6, 6.07) is 13.2. The standard InChI is InChI=1S/C16H16ClNO2S/c1-19-14-5-3-4-13(15(14)20-2)16(21)18-10-11-6-8-12(17)9-7-11/h3-9H,10H2,1-2H3,(H,18,21). The number of halogens is 1. The van der Waals surface area contributed by atoms with Crippen LogP contribution in [0.25, 0.3) is 0 Å². The lowest BCUT2D eigenvalue weighted by molar-refractivity contribution is 0.354. The van der Waals surface area contributed by atoms with Crippen molar-refractivity contribution in [2.24, 2.45) is 0 Å². The normalized spacial score (nSPS) is 10.0. The second-order valence-corrected chi connectivity index (χ2v) is 5.19. The molecule has 1 N–H and O–H groups in total. The highest BCUT2D eigenvalue weighted by atomic mass is 35.5. The predicted molar refractivity (Wildman–Crippen MR) is 89.5 cm³/mol. The highest BCUT2D eigenvalue weighted by molar-refractivity contribution is 7.80. The largest absolute Gasteiger partial charge is 0.493 e. The third kappa shape index (κ3) is 3.86. The number of para-hydroxylation sites is 1. The fraction of sp³-hybridized carbons (Fsp3) is 0.188. The molecule has 0 atom stereocenters. The molecule has 0 saturated heterocycles. The van der Waals surface area contributed by atoms with Crippen molar-refractivity contribution in [2.45, 2.75) is 6.54 Å². The molecule has 2 aromatic carbocycles. The van der Waals surface area contributed by atoms with E-state index in [2.05, 4.69) is 5.32 Å². The minimum absolute atomic E-state index is 0.612. The summed E-state index contributed by atoms with van der Waals surface area (Å²) in [5.74, 6) is 1.29. The number of hydrogen-bond acceptors (Lipinski definition) is 3. The first kappa shape index (κ1) is 15.6. The van der Waals surface area contributed by atoms with Crippen molar-refractivity contribution < 1.29 is 9.47 Å². The van der Waals surface area contributed by atoms with Crippen molar-refractivity contribution in [3.05, 3.63) is 58.6 Å². The fourth-order valence-electron chi connectivity index (χ4n) is 1.95. The third-order valence-electron chi connectivity index (χ3n) is 3.01. The molecule has 0 aliphatic heterocycles. The molecule has 2 rings (SSSR count). The second kappa shape index (κ2) is 7.29. The maximum absolute atomic E-state index is 5.87. The molecule has 5 heteroatoms. The molecular weight excluding hydrogens is 306 g/mol. The lowest BCUT2D eigenvalue weighted by atomic mass is 10.1. The van der Waals surface area contributed by atoms with Crippen LogP contribution in [0.15, 0.2) is 42.5 Å². The highest BCUT2D eigenvalue weighted by Gasteiger charge is 2.13. The zero-order valence-corrected chi connectivity index (χ0v) is 13.4. The van der Waals surface area contributed by atoms with Gasteiger partial charge in [-0.3, -0.25) is 0 Å². The van der Waals surface area contributed by atoms with Crippen LogP contribution in [0.2, 0.25) is 5.02 Å². The van der Waals surface area contributed by atoms with Crippen LogP contribution in [0.3, 0.4) is 0 Å². The molecule has 110 valence electrons. The van der Waals surface area contributed by atoms with Gasteiger partial charge in [0, 0.05) is 11.6 Å². The van der Waals surface area contributed by atoms with Crippen molar-refractivity contribution in [1.29, 1.82) is 0 Å². The van der Waals surface area contributed by atoms with E-state index in [0.29, 0.717) is 23.0 Å². The summed E-state index contributed by atoms with van der Waals surface area (Å²) in [6.45, 7) is 0.621. The molecule has 0 amide bonds. The zero-order valence-electron chi connectivity index (χ0n) is 11.9. The fourth-order valence-corrected chi connectivity index (χ4v) is 2.30. The Labute approximate surface area is 134 Å². The van der Waals surface area contributed by atoms with Crippen LogP contribution in [-0.4, -0.2) is 19.2 Å². The van der Waals surface area contributed by atoms with Crippen molar-refractivity contribution in [2.75, 3.05) is 14.2 Å². The first-order chi connectivity index (χ1) is 10.2. The van der Waals surface area contributed by atoms with Gasteiger partial charge in [0.15, 0.2) is 11.5 Å². The number of ether oxygens (including phenoxy) is 2. The third-order valence-corrected chi connectivity index (χ3v) is 3.63. The van der Waals surface area contributed by atoms with Crippen molar-refractivity contribution in [3.8, 4) is 11.5 Å². The summed E-state index contributed by atoms with van der Waals surface area (Å²) < 4.78 is 10.7. The molecule has 0 spiro atoms. The van der Waals surface area contributed by atoms with Crippen molar-refractivity contribution in [3.63, 3.8) is 0 Å². The van der Waals surface area contributed by atoms with Gasteiger partial charge in [-0.05, 0) is 29.8 Å². The van der Waals surface area contributed by atoms with E-state index in [4.69, 9.17) is 33.3 Å². The van der Waals surface area contributed by atoms with Gasteiger partial charge in [-0.15, -0.1) is 0 Å². The Kier molecular flexibility index (Phi) is 5.42. The van der Waals surface area contributed by atoms with E-state index in [1.54, 1.807) is 14.2 Å². The second-order valence-electron chi connectivity index (χ2n) is 4.35. The van der Waals surface area contributed by atoms with Crippen LogP contribution >= 0.6 is 23.8 Å². The Morgan fingerprint density at radius 2 is 1.81 bits per heavy atom. The van der Waals surface area contributed by atoms with Crippen LogP contribution < -0.4 is 14.8 Å². The molecule has 0 aromatic heterocycles. The average molecular weight is 322 g/mol. The van der Waals surface area contributed by atoms with Gasteiger partial charge in [0.05, 0.1) is 19.8 Å². The Hall–Kier alpha value is -1.78. The number of hydrogen-bond donors (Lipinski definition) is 1. The lowest BCUT2D eigenvalue weighted by Crippen LogP contribution is -2.22. The van der Waals surface area contributed by atoms with Crippen molar-refractivity contribution >= 4 is 28.8 Å². The molecular formula is C16H16ClNO2S. The molecule has 0 fully saturated rings. The zero-order chi connectivity index (χ0) is 15.2.